The first kappa shape index (κ1) is 11.9. The Hall–Kier alpha value is -1.61. The average Bonchev–Trinajstić information content (AvgIpc) is 2.75. The summed E-state index contributed by atoms with van der Waals surface area (Å²) in [6, 6.07) is 10.9. The molecule has 2 aromatic rings. The Morgan fingerprint density at radius 2 is 2.00 bits per heavy atom. The quantitative estimate of drug-likeness (QED) is 0.853. The average molecular weight is 229 g/mol. The predicted octanol–water partition coefficient (Wildman–Crippen LogP) is 2.43. The van der Waals surface area contributed by atoms with E-state index in [9.17, 15) is 0 Å². The van der Waals surface area contributed by atoms with Crippen molar-refractivity contribution in [1.82, 2.24) is 14.9 Å². The van der Waals surface area contributed by atoms with Crippen LogP contribution in [0.3, 0.4) is 0 Å². The van der Waals surface area contributed by atoms with Gasteiger partial charge in [-0.2, -0.15) is 0 Å². The highest BCUT2D eigenvalue weighted by Gasteiger charge is 2.03. The van der Waals surface area contributed by atoms with Crippen LogP contribution in [-0.4, -0.2) is 15.6 Å². The second-order valence-electron chi connectivity index (χ2n) is 4.49. The SMILES string of the molecule is CC(C)NCc1nccn1Cc1ccccc1. The van der Waals surface area contributed by atoms with Crippen LogP contribution in [0, 0.1) is 0 Å². The van der Waals surface area contributed by atoms with Crippen molar-refractivity contribution in [2.24, 2.45) is 0 Å². The summed E-state index contributed by atoms with van der Waals surface area (Å²) < 4.78 is 2.19. The highest BCUT2D eigenvalue weighted by atomic mass is 15.1. The molecule has 17 heavy (non-hydrogen) atoms. The topological polar surface area (TPSA) is 29.9 Å². The molecule has 0 unspecified atom stereocenters. The molecule has 0 aliphatic carbocycles. The van der Waals surface area contributed by atoms with E-state index in [2.05, 4.69) is 53.0 Å². The predicted molar refractivity (Wildman–Crippen MR) is 69.7 cm³/mol. The lowest BCUT2D eigenvalue weighted by Crippen LogP contribution is -2.24. The van der Waals surface area contributed by atoms with Crippen molar-refractivity contribution < 1.29 is 0 Å². The van der Waals surface area contributed by atoms with Crippen LogP contribution in [0.25, 0.3) is 0 Å². The molecule has 0 spiro atoms. The minimum Gasteiger partial charge on any atom is -0.329 e. The van der Waals surface area contributed by atoms with Crippen LogP contribution >= 0.6 is 0 Å². The lowest BCUT2D eigenvalue weighted by atomic mass is 10.2. The first-order valence-corrected chi connectivity index (χ1v) is 6.03. The van der Waals surface area contributed by atoms with Gasteiger partial charge in [-0.3, -0.25) is 0 Å². The van der Waals surface area contributed by atoms with Gasteiger partial charge < -0.3 is 9.88 Å². The van der Waals surface area contributed by atoms with E-state index in [1.165, 1.54) is 5.56 Å². The van der Waals surface area contributed by atoms with E-state index < -0.39 is 0 Å². The van der Waals surface area contributed by atoms with Crippen molar-refractivity contribution in [2.45, 2.75) is 33.0 Å². The molecule has 1 heterocycles. The fraction of sp³-hybridized carbons (Fsp3) is 0.357. The monoisotopic (exact) mass is 229 g/mol. The maximum absolute atomic E-state index is 4.38. The van der Waals surface area contributed by atoms with Gasteiger partial charge >= 0.3 is 0 Å². The number of nitrogens with zero attached hydrogens (tertiary/aromatic N) is 2. The summed E-state index contributed by atoms with van der Waals surface area (Å²) in [7, 11) is 0. The van der Waals surface area contributed by atoms with Gasteiger partial charge in [-0.05, 0) is 5.56 Å². The summed E-state index contributed by atoms with van der Waals surface area (Å²) in [6.45, 7) is 5.99. The van der Waals surface area contributed by atoms with Gasteiger partial charge in [-0.1, -0.05) is 44.2 Å². The van der Waals surface area contributed by atoms with Gasteiger partial charge in [0.2, 0.25) is 0 Å². The molecule has 1 aromatic heterocycles. The minimum absolute atomic E-state index is 0.483. The van der Waals surface area contributed by atoms with Gasteiger partial charge in [0.1, 0.15) is 5.82 Å². The minimum atomic E-state index is 0.483. The van der Waals surface area contributed by atoms with Crippen molar-refractivity contribution in [3.8, 4) is 0 Å². The van der Waals surface area contributed by atoms with Gasteiger partial charge in [0.15, 0.2) is 0 Å². The van der Waals surface area contributed by atoms with Crippen LogP contribution in [-0.2, 0) is 13.1 Å². The van der Waals surface area contributed by atoms with E-state index in [-0.39, 0.29) is 0 Å². The lowest BCUT2D eigenvalue weighted by molar-refractivity contribution is 0.554. The van der Waals surface area contributed by atoms with Gasteiger partial charge in [0.05, 0.1) is 6.54 Å². The molecule has 0 bridgehead atoms. The number of benzene rings is 1. The molecule has 3 heteroatoms. The third-order valence-electron chi connectivity index (χ3n) is 2.67. The first-order valence-electron chi connectivity index (χ1n) is 6.03. The number of hydrogen-bond acceptors (Lipinski definition) is 2. The lowest BCUT2D eigenvalue weighted by Gasteiger charge is -2.10. The molecule has 1 N–H and O–H groups in total. The second-order valence-corrected chi connectivity index (χ2v) is 4.49. The third kappa shape index (κ3) is 3.43. The van der Waals surface area contributed by atoms with Crippen molar-refractivity contribution in [1.29, 1.82) is 0 Å². The molecule has 0 aliphatic rings. The van der Waals surface area contributed by atoms with E-state index in [4.69, 9.17) is 0 Å². The number of imidazole rings is 1. The van der Waals surface area contributed by atoms with Crippen LogP contribution in [0.2, 0.25) is 0 Å². The van der Waals surface area contributed by atoms with Gasteiger partial charge in [0, 0.05) is 25.0 Å². The molecule has 0 amide bonds. The Morgan fingerprint density at radius 3 is 2.71 bits per heavy atom. The first-order chi connectivity index (χ1) is 8.25. The van der Waals surface area contributed by atoms with Crippen LogP contribution in [0.15, 0.2) is 42.7 Å². The van der Waals surface area contributed by atoms with Crippen molar-refractivity contribution in [2.75, 3.05) is 0 Å². The van der Waals surface area contributed by atoms with Crippen molar-refractivity contribution in [3.63, 3.8) is 0 Å². The molecule has 0 atom stereocenters. The summed E-state index contributed by atoms with van der Waals surface area (Å²) in [6.07, 6.45) is 3.89. The van der Waals surface area contributed by atoms with Crippen molar-refractivity contribution in [3.05, 3.63) is 54.1 Å². The Labute approximate surface area is 103 Å². The summed E-state index contributed by atoms with van der Waals surface area (Å²) in [5.74, 6) is 1.09. The number of nitrogens with one attached hydrogen (secondary N) is 1. The Morgan fingerprint density at radius 1 is 1.24 bits per heavy atom. The van der Waals surface area contributed by atoms with E-state index in [1.54, 1.807) is 0 Å². The van der Waals surface area contributed by atoms with Crippen LogP contribution in [0.1, 0.15) is 25.2 Å². The molecule has 0 radical (unpaired) electrons. The zero-order valence-corrected chi connectivity index (χ0v) is 10.4. The van der Waals surface area contributed by atoms with Crippen LogP contribution in [0.5, 0.6) is 0 Å². The Balaban J connectivity index is 2.04. The fourth-order valence-electron chi connectivity index (χ4n) is 1.73. The summed E-state index contributed by atoms with van der Waals surface area (Å²) in [4.78, 5) is 4.38. The zero-order valence-electron chi connectivity index (χ0n) is 10.4. The second kappa shape index (κ2) is 5.64. The molecular weight excluding hydrogens is 210 g/mol. The van der Waals surface area contributed by atoms with Crippen LogP contribution in [0.4, 0.5) is 0 Å². The molecule has 2 rings (SSSR count). The summed E-state index contributed by atoms with van der Waals surface area (Å²) >= 11 is 0. The number of aromatic nitrogens is 2. The maximum atomic E-state index is 4.38. The highest BCUT2D eigenvalue weighted by Crippen LogP contribution is 2.05. The third-order valence-corrected chi connectivity index (χ3v) is 2.67. The largest absolute Gasteiger partial charge is 0.329 e. The molecule has 90 valence electrons. The molecule has 0 aliphatic heterocycles. The summed E-state index contributed by atoms with van der Waals surface area (Å²) in [5.41, 5.74) is 1.30. The molecule has 0 fully saturated rings. The molecule has 1 aromatic carbocycles. The van der Waals surface area contributed by atoms with E-state index in [1.807, 2.05) is 18.5 Å². The highest BCUT2D eigenvalue weighted by molar-refractivity contribution is 5.15. The standard InChI is InChI=1S/C14H19N3/c1-12(2)16-10-14-15-8-9-17(14)11-13-6-4-3-5-7-13/h3-9,12,16H,10-11H2,1-2H3. The van der Waals surface area contributed by atoms with Crippen molar-refractivity contribution >= 4 is 0 Å². The smallest absolute Gasteiger partial charge is 0.122 e. The van der Waals surface area contributed by atoms with Gasteiger partial charge in [0.25, 0.3) is 0 Å². The number of rotatable bonds is 5. The maximum Gasteiger partial charge on any atom is 0.122 e. The molecule has 3 nitrogen and oxygen atoms in total. The van der Waals surface area contributed by atoms with E-state index in [0.29, 0.717) is 6.04 Å². The Kier molecular flexibility index (Phi) is 3.94. The molecule has 0 saturated carbocycles. The Bertz CT molecular complexity index is 446. The van der Waals surface area contributed by atoms with Gasteiger partial charge in [-0.15, -0.1) is 0 Å². The fourth-order valence-corrected chi connectivity index (χ4v) is 1.73. The van der Waals surface area contributed by atoms with Crippen LogP contribution < -0.4 is 5.32 Å². The zero-order chi connectivity index (χ0) is 12.1. The number of hydrogen-bond donors (Lipinski definition) is 1. The van der Waals surface area contributed by atoms with Gasteiger partial charge in [-0.25, -0.2) is 4.98 Å². The summed E-state index contributed by atoms with van der Waals surface area (Å²) in [5, 5.41) is 3.39. The van der Waals surface area contributed by atoms with E-state index in [0.717, 1.165) is 18.9 Å². The normalized spacial score (nSPS) is 11.0. The molecule has 0 saturated heterocycles. The molecular formula is C14H19N3. The van der Waals surface area contributed by atoms with E-state index >= 15 is 0 Å².